The van der Waals surface area contributed by atoms with Gasteiger partial charge in [-0.1, -0.05) is 32.4 Å². The van der Waals surface area contributed by atoms with Gasteiger partial charge in [-0.25, -0.2) is 0 Å². The average Bonchev–Trinajstić information content (AvgIpc) is 3.42. The van der Waals surface area contributed by atoms with E-state index in [0.29, 0.717) is 42.4 Å². The van der Waals surface area contributed by atoms with Gasteiger partial charge in [0, 0.05) is 23.5 Å². The summed E-state index contributed by atoms with van der Waals surface area (Å²) in [5.74, 6) is 1.81. The van der Waals surface area contributed by atoms with Crippen LogP contribution in [0.25, 0.3) is 0 Å². The zero-order valence-electron chi connectivity index (χ0n) is 25.4. The zero-order valence-corrected chi connectivity index (χ0v) is 25.4. The molecule has 1 spiro atoms. The minimum Gasteiger partial charge on any atom is -0.394 e. The molecule has 0 aromatic rings. The minimum absolute atomic E-state index is 0.0482. The molecule has 9 heteroatoms. The highest BCUT2D eigenvalue weighted by Gasteiger charge is 2.63. The van der Waals surface area contributed by atoms with E-state index in [1.807, 2.05) is 0 Å². The molecule has 7 aliphatic rings. The standard InChI is InChI=1S/C33H49NO8/c1-15-11-22-26(34-13-15)17(3)33(42-22)10-8-20-21-6-5-18-12-19(40-31-30(39)29(38)27(36)23(14-35)41-31)7-9-32(18,4)25(21)28(37)24(20)16(33)2/h5,15,17,19-23,25-27,29-31,34-36,38-39H,6-14H2,1-4H3/t15-,17+,19-,20-,21-,22-,23+,25+,26-,27+,29-,30+,31-,32-,33-/m0/s1. The summed E-state index contributed by atoms with van der Waals surface area (Å²) in [6.45, 7) is 9.60. The maximum absolute atomic E-state index is 14.5. The van der Waals surface area contributed by atoms with Crippen molar-refractivity contribution >= 4 is 5.78 Å². The molecule has 3 saturated heterocycles. The van der Waals surface area contributed by atoms with Crippen LogP contribution in [0.1, 0.15) is 72.6 Å². The van der Waals surface area contributed by atoms with Gasteiger partial charge in [0.1, 0.15) is 24.4 Å². The van der Waals surface area contributed by atoms with E-state index in [-0.39, 0.29) is 35.1 Å². The number of rotatable bonds is 3. The van der Waals surface area contributed by atoms with Gasteiger partial charge < -0.3 is 40.0 Å². The fourth-order valence-corrected chi connectivity index (χ4v) is 10.4. The molecule has 5 fully saturated rings. The largest absolute Gasteiger partial charge is 0.394 e. The number of hydrogen-bond acceptors (Lipinski definition) is 9. The van der Waals surface area contributed by atoms with Gasteiger partial charge in [0.25, 0.3) is 0 Å². The molecule has 42 heavy (non-hydrogen) atoms. The second-order valence-electron chi connectivity index (χ2n) is 14.9. The number of ketones is 1. The second-order valence-corrected chi connectivity index (χ2v) is 14.9. The van der Waals surface area contributed by atoms with Gasteiger partial charge in [0.05, 0.1) is 24.4 Å². The predicted molar refractivity (Wildman–Crippen MR) is 153 cm³/mol. The topological polar surface area (TPSA) is 138 Å². The molecular weight excluding hydrogens is 538 g/mol. The first-order chi connectivity index (χ1) is 20.0. The zero-order chi connectivity index (χ0) is 29.7. The van der Waals surface area contributed by atoms with Crippen LogP contribution >= 0.6 is 0 Å². The summed E-state index contributed by atoms with van der Waals surface area (Å²) in [5, 5.41) is 44.2. The van der Waals surface area contributed by atoms with E-state index in [9.17, 15) is 25.2 Å². The molecule has 0 aromatic heterocycles. The SMILES string of the molecule is CC1=C2C(=O)[C@H]3[C@@H](CC=C4C[C@@H](O[C@H]5O[C@H](CO)[C@@H](O)[C@H](O)[C@H]5O)CC[C@@]43C)[C@@H]2CC[C@]12O[C@H]1C[C@H](C)CN[C@H]1[C@H]2C. The molecule has 3 aliphatic heterocycles. The van der Waals surface area contributed by atoms with Crippen molar-refractivity contribution in [1.29, 1.82) is 0 Å². The first kappa shape index (κ1) is 29.5. The molecule has 3 heterocycles. The summed E-state index contributed by atoms with van der Waals surface area (Å²) in [7, 11) is 0. The third-order valence-corrected chi connectivity index (χ3v) is 12.8. The minimum atomic E-state index is -1.46. The van der Waals surface area contributed by atoms with Crippen LogP contribution in [0.15, 0.2) is 22.8 Å². The van der Waals surface area contributed by atoms with Crippen molar-refractivity contribution in [1.82, 2.24) is 5.32 Å². The summed E-state index contributed by atoms with van der Waals surface area (Å²) in [6, 6.07) is 0.344. The molecule has 15 atom stereocenters. The molecule has 0 amide bonds. The van der Waals surface area contributed by atoms with E-state index in [2.05, 4.69) is 39.1 Å². The maximum atomic E-state index is 14.5. The Kier molecular flexibility index (Phi) is 7.34. The van der Waals surface area contributed by atoms with Crippen LogP contribution in [0.5, 0.6) is 0 Å². The van der Waals surface area contributed by atoms with Crippen molar-refractivity contribution < 1.29 is 39.4 Å². The fraction of sp³-hybridized carbons (Fsp3) is 0.848. The van der Waals surface area contributed by atoms with Gasteiger partial charge >= 0.3 is 0 Å². The Morgan fingerprint density at radius 3 is 2.67 bits per heavy atom. The van der Waals surface area contributed by atoms with Gasteiger partial charge in [0.15, 0.2) is 12.1 Å². The van der Waals surface area contributed by atoms with Crippen LogP contribution in [0.4, 0.5) is 0 Å². The fourth-order valence-electron chi connectivity index (χ4n) is 10.4. The smallest absolute Gasteiger partial charge is 0.186 e. The van der Waals surface area contributed by atoms with Gasteiger partial charge in [-0.05, 0) is 87.2 Å². The number of fused-ring (bicyclic) bond motifs is 6. The van der Waals surface area contributed by atoms with E-state index in [4.69, 9.17) is 14.2 Å². The lowest BCUT2D eigenvalue weighted by atomic mass is 9.56. The number of carbonyl (C=O) groups is 1. The highest BCUT2D eigenvalue weighted by molar-refractivity contribution is 6.02. The van der Waals surface area contributed by atoms with Gasteiger partial charge in [-0.15, -0.1) is 0 Å². The van der Waals surface area contributed by atoms with Crippen LogP contribution < -0.4 is 5.32 Å². The molecule has 7 rings (SSSR count). The summed E-state index contributed by atoms with van der Waals surface area (Å²) in [4.78, 5) is 14.5. The molecule has 0 radical (unpaired) electrons. The van der Waals surface area contributed by atoms with Gasteiger partial charge in [-0.2, -0.15) is 0 Å². The van der Waals surface area contributed by atoms with Crippen LogP contribution in [0, 0.1) is 35.0 Å². The number of hydrogen-bond donors (Lipinski definition) is 5. The Labute approximate surface area is 248 Å². The van der Waals surface area contributed by atoms with E-state index in [1.165, 1.54) is 11.1 Å². The van der Waals surface area contributed by atoms with Crippen LogP contribution in [0.3, 0.4) is 0 Å². The lowest BCUT2D eigenvalue weighted by Gasteiger charge is -2.49. The van der Waals surface area contributed by atoms with E-state index in [0.717, 1.165) is 44.2 Å². The first-order valence-electron chi connectivity index (χ1n) is 16.3. The normalized spacial score (nSPS) is 53.9. The second kappa shape index (κ2) is 10.4. The Morgan fingerprint density at radius 2 is 1.90 bits per heavy atom. The molecule has 2 saturated carbocycles. The van der Waals surface area contributed by atoms with Crippen molar-refractivity contribution in [2.24, 2.45) is 35.0 Å². The van der Waals surface area contributed by atoms with Crippen molar-refractivity contribution in [3.05, 3.63) is 22.8 Å². The number of Topliss-reactive ketones (excluding diaryl/α,β-unsaturated/α-hetero) is 1. The molecule has 9 nitrogen and oxygen atoms in total. The highest BCUT2D eigenvalue weighted by Crippen LogP contribution is 2.64. The summed E-state index contributed by atoms with van der Waals surface area (Å²) >= 11 is 0. The number of aliphatic hydroxyl groups is 4. The summed E-state index contributed by atoms with van der Waals surface area (Å²) < 4.78 is 18.8. The van der Waals surface area contributed by atoms with Crippen molar-refractivity contribution in [2.75, 3.05) is 13.2 Å². The lowest BCUT2D eigenvalue weighted by molar-refractivity contribution is -0.312. The monoisotopic (exact) mass is 587 g/mol. The number of aliphatic hydroxyl groups excluding tert-OH is 4. The van der Waals surface area contributed by atoms with Gasteiger partial charge in [0.2, 0.25) is 0 Å². The Bertz CT molecular complexity index is 1170. The highest BCUT2D eigenvalue weighted by atomic mass is 16.7. The van der Waals surface area contributed by atoms with E-state index >= 15 is 0 Å². The number of carbonyl (C=O) groups excluding carboxylic acids is 1. The first-order valence-corrected chi connectivity index (χ1v) is 16.3. The number of nitrogens with one attached hydrogen (secondary N) is 1. The Morgan fingerprint density at radius 1 is 1.12 bits per heavy atom. The molecule has 0 aromatic carbocycles. The molecule has 0 unspecified atom stereocenters. The lowest BCUT2D eigenvalue weighted by Crippen LogP contribution is -2.60. The van der Waals surface area contributed by atoms with E-state index < -0.39 is 37.3 Å². The van der Waals surface area contributed by atoms with Crippen LogP contribution in [-0.2, 0) is 19.0 Å². The van der Waals surface area contributed by atoms with Gasteiger partial charge in [-0.3, -0.25) is 4.79 Å². The van der Waals surface area contributed by atoms with Crippen LogP contribution in [-0.4, -0.2) is 93.9 Å². The summed E-state index contributed by atoms with van der Waals surface area (Å²) in [6.07, 6.45) is 1.93. The molecule has 4 aliphatic carbocycles. The van der Waals surface area contributed by atoms with Crippen molar-refractivity contribution in [3.63, 3.8) is 0 Å². The third kappa shape index (κ3) is 4.14. The number of piperidine rings is 1. The number of ether oxygens (including phenoxy) is 3. The molecule has 0 bridgehead atoms. The summed E-state index contributed by atoms with van der Waals surface area (Å²) in [5.41, 5.74) is 2.89. The Balaban J connectivity index is 1.11. The third-order valence-electron chi connectivity index (χ3n) is 12.8. The van der Waals surface area contributed by atoms with E-state index in [1.54, 1.807) is 0 Å². The quantitative estimate of drug-likeness (QED) is 0.314. The maximum Gasteiger partial charge on any atom is 0.186 e. The average molecular weight is 588 g/mol. The number of allylic oxidation sites excluding steroid dienone is 2. The molecule has 234 valence electrons. The van der Waals surface area contributed by atoms with Crippen molar-refractivity contribution in [2.45, 2.75) is 127 Å². The Hall–Kier alpha value is -1.17. The van der Waals surface area contributed by atoms with Crippen molar-refractivity contribution in [3.8, 4) is 0 Å². The molecule has 5 N–H and O–H groups in total. The predicted octanol–water partition coefficient (Wildman–Crippen LogP) is 2.01. The van der Waals surface area contributed by atoms with Crippen LogP contribution in [0.2, 0.25) is 0 Å². The molecular formula is C33H49NO8.